The summed E-state index contributed by atoms with van der Waals surface area (Å²) >= 11 is 0. The number of hydrogen-bond acceptors (Lipinski definition) is 13. The SMILES string of the molecule is COc1cc(N=Nc2ccc(S(=O)(=O)[O-])cc2)c(C)cc1N/N=C1\C(=O)c2ccc(NC(=O)c3ccccc3)cc2C=C1S(=O)(=O)[O-].[Na+].[Na+]. The van der Waals surface area contributed by atoms with E-state index in [1.54, 1.807) is 37.3 Å². The van der Waals surface area contributed by atoms with Gasteiger partial charge in [0.05, 0.1) is 34.0 Å². The molecule has 0 aliphatic heterocycles. The van der Waals surface area contributed by atoms with E-state index in [4.69, 9.17) is 4.74 Å². The van der Waals surface area contributed by atoms with Gasteiger partial charge in [0.1, 0.15) is 31.7 Å². The van der Waals surface area contributed by atoms with E-state index in [2.05, 4.69) is 26.1 Å². The normalized spacial score (nSPS) is 13.5. The molecule has 1 amide bonds. The molecule has 0 fully saturated rings. The summed E-state index contributed by atoms with van der Waals surface area (Å²) in [5, 5.41) is 14.8. The monoisotopic (exact) mass is 719 g/mol. The summed E-state index contributed by atoms with van der Waals surface area (Å²) in [4.78, 5) is 24.7. The zero-order valence-corrected chi connectivity index (χ0v) is 32.1. The number of azo groups is 1. The molecule has 1 aliphatic rings. The summed E-state index contributed by atoms with van der Waals surface area (Å²) in [6.07, 6.45) is 1.02. The summed E-state index contributed by atoms with van der Waals surface area (Å²) in [7, 11) is -8.45. The molecule has 0 spiro atoms. The summed E-state index contributed by atoms with van der Waals surface area (Å²) in [5.41, 5.74) is 4.08. The number of nitrogens with one attached hydrogen (secondary N) is 2. The third-order valence-electron chi connectivity index (χ3n) is 6.80. The van der Waals surface area contributed by atoms with Crippen molar-refractivity contribution in [2.45, 2.75) is 11.8 Å². The summed E-state index contributed by atoms with van der Waals surface area (Å²) in [6.45, 7) is 1.67. The molecule has 18 heteroatoms. The number of anilines is 2. The summed E-state index contributed by atoms with van der Waals surface area (Å²) in [6, 6.07) is 20.4. The fourth-order valence-corrected chi connectivity index (χ4v) is 5.57. The van der Waals surface area contributed by atoms with E-state index >= 15 is 0 Å². The van der Waals surface area contributed by atoms with E-state index < -0.39 is 47.4 Å². The molecule has 0 bridgehead atoms. The van der Waals surface area contributed by atoms with Gasteiger partial charge in [-0.1, -0.05) is 18.2 Å². The molecule has 2 N–H and O–H groups in total. The molecule has 0 saturated heterocycles. The predicted octanol–water partition coefficient (Wildman–Crippen LogP) is -0.866. The minimum absolute atomic E-state index is 0. The Morgan fingerprint density at radius 1 is 0.837 bits per heavy atom. The summed E-state index contributed by atoms with van der Waals surface area (Å²) in [5.74, 6) is -1.11. The fraction of sp³-hybridized carbons (Fsp3) is 0.0645. The first-order chi connectivity index (χ1) is 22.2. The number of methoxy groups -OCH3 is 1. The number of hydrazone groups is 1. The van der Waals surface area contributed by atoms with Crippen LogP contribution in [0.25, 0.3) is 6.08 Å². The Labute approximate surface area is 325 Å². The van der Waals surface area contributed by atoms with Crippen LogP contribution < -0.4 is 74.6 Å². The number of nitrogens with zero attached hydrogens (tertiary/aromatic N) is 3. The van der Waals surface area contributed by atoms with Crippen molar-refractivity contribution in [3.8, 4) is 5.75 Å². The largest absolute Gasteiger partial charge is 1.00 e. The number of carbonyl (C=O) groups excluding carboxylic acids is 2. The smallest absolute Gasteiger partial charge is 0.744 e. The Hall–Kier alpha value is -3.55. The Bertz CT molecular complexity index is 2230. The van der Waals surface area contributed by atoms with Crippen LogP contribution in [0.5, 0.6) is 5.75 Å². The number of fused-ring (bicyclic) bond motifs is 1. The minimum Gasteiger partial charge on any atom is -0.744 e. The zero-order valence-electron chi connectivity index (χ0n) is 26.5. The maximum absolute atomic E-state index is 13.4. The van der Waals surface area contributed by atoms with Gasteiger partial charge in [-0.25, -0.2) is 16.8 Å². The standard InChI is InChI=1S/C31H25N5O9S2.2Na/c1-18-14-26(27(45-2)17-25(18)34-33-21-8-11-23(12-9-21)46(39,40)41)35-36-29-28(47(42,43)44)16-20-15-22(10-13-24(20)30(29)37)32-31(38)19-6-4-3-5-7-19;;/h3-17,35H,1-2H3,(H,32,38)(H,39,40,41)(H,42,43,44);;/q;2*+1/p-2/b34-33?,36-29-;;. The number of carbonyl (C=O) groups is 2. The average Bonchev–Trinajstić information content (AvgIpc) is 3.03. The van der Waals surface area contributed by atoms with Gasteiger partial charge in [-0.2, -0.15) is 15.3 Å². The van der Waals surface area contributed by atoms with E-state index in [0.29, 0.717) is 16.8 Å². The molecular formula is C31H23N5Na2O9S2. The third-order valence-corrected chi connectivity index (χ3v) is 8.50. The Kier molecular flexibility index (Phi) is 13.4. The molecule has 1 aliphatic carbocycles. The van der Waals surface area contributed by atoms with E-state index in [0.717, 1.165) is 18.2 Å². The van der Waals surface area contributed by atoms with E-state index in [9.17, 15) is 35.5 Å². The molecular weight excluding hydrogens is 696 g/mol. The number of ketones is 1. The molecule has 14 nitrogen and oxygen atoms in total. The second-order valence-electron chi connectivity index (χ2n) is 9.97. The van der Waals surface area contributed by atoms with Crippen molar-refractivity contribution in [2.24, 2.45) is 15.3 Å². The van der Waals surface area contributed by atoms with Crippen molar-refractivity contribution in [2.75, 3.05) is 17.9 Å². The van der Waals surface area contributed by atoms with Crippen molar-refractivity contribution in [1.82, 2.24) is 0 Å². The van der Waals surface area contributed by atoms with Gasteiger partial charge in [0.15, 0.2) is 0 Å². The number of ether oxygens (including phenoxy) is 1. The van der Waals surface area contributed by atoms with Crippen molar-refractivity contribution >= 4 is 66.5 Å². The van der Waals surface area contributed by atoms with Crippen molar-refractivity contribution in [3.63, 3.8) is 0 Å². The first-order valence-electron chi connectivity index (χ1n) is 13.5. The second kappa shape index (κ2) is 16.4. The quantitative estimate of drug-likeness (QED) is 0.0943. The Morgan fingerprint density at radius 3 is 2.12 bits per heavy atom. The number of allylic oxidation sites excluding steroid dienone is 1. The second-order valence-corrected chi connectivity index (χ2v) is 12.7. The first-order valence-corrected chi connectivity index (χ1v) is 16.3. The van der Waals surface area contributed by atoms with Gasteiger partial charge >= 0.3 is 59.1 Å². The third kappa shape index (κ3) is 9.58. The van der Waals surface area contributed by atoms with Crippen LogP contribution in [-0.4, -0.2) is 50.5 Å². The molecule has 0 heterocycles. The molecule has 0 atom stereocenters. The Morgan fingerprint density at radius 2 is 1.51 bits per heavy atom. The number of hydrogen-bond donors (Lipinski definition) is 2. The molecule has 0 aromatic heterocycles. The molecule has 49 heavy (non-hydrogen) atoms. The van der Waals surface area contributed by atoms with Crippen molar-refractivity contribution < 1.29 is 99.4 Å². The zero-order chi connectivity index (χ0) is 33.9. The van der Waals surface area contributed by atoms with Gasteiger partial charge in [-0.3, -0.25) is 15.0 Å². The fourth-order valence-electron chi connectivity index (χ4n) is 4.45. The van der Waals surface area contributed by atoms with E-state index in [-0.39, 0.29) is 93.1 Å². The van der Waals surface area contributed by atoms with Crippen molar-refractivity contribution in [3.05, 3.63) is 112 Å². The maximum atomic E-state index is 13.4. The number of rotatable bonds is 9. The predicted molar refractivity (Wildman–Crippen MR) is 170 cm³/mol. The topological polar surface area (TPSA) is 219 Å². The molecule has 0 saturated carbocycles. The van der Waals surface area contributed by atoms with Crippen LogP contribution in [0.2, 0.25) is 0 Å². The van der Waals surface area contributed by atoms with Gasteiger partial charge in [0, 0.05) is 22.9 Å². The average molecular weight is 720 g/mol. The number of aryl methyl sites for hydroxylation is 1. The van der Waals surface area contributed by atoms with Crippen molar-refractivity contribution in [1.29, 1.82) is 0 Å². The van der Waals surface area contributed by atoms with Crippen LogP contribution >= 0.6 is 0 Å². The minimum atomic E-state index is -5.19. The van der Waals surface area contributed by atoms with Crippen LogP contribution in [0.3, 0.4) is 0 Å². The van der Waals surface area contributed by atoms with Crippen LogP contribution in [0, 0.1) is 6.92 Å². The number of Topliss-reactive ketones (excluding diaryl/α,β-unsaturated/α-hetero) is 1. The Balaban J connectivity index is 0.00000325. The first kappa shape index (κ1) is 39.9. The van der Waals surface area contributed by atoms with Crippen LogP contribution in [0.4, 0.5) is 22.7 Å². The van der Waals surface area contributed by atoms with E-state index in [1.807, 2.05) is 0 Å². The number of benzene rings is 4. The molecule has 4 aromatic rings. The maximum Gasteiger partial charge on any atom is 1.00 e. The summed E-state index contributed by atoms with van der Waals surface area (Å²) < 4.78 is 75.5. The number of amides is 1. The molecule has 4 aromatic carbocycles. The molecule has 240 valence electrons. The van der Waals surface area contributed by atoms with Gasteiger partial charge in [0.25, 0.3) is 5.91 Å². The van der Waals surface area contributed by atoms with Crippen LogP contribution in [-0.2, 0) is 20.2 Å². The van der Waals surface area contributed by atoms with Gasteiger partial charge in [-0.15, -0.1) is 0 Å². The van der Waals surface area contributed by atoms with Gasteiger partial charge in [-0.05, 0) is 84.8 Å². The van der Waals surface area contributed by atoms with Crippen LogP contribution in [0.1, 0.15) is 31.8 Å². The van der Waals surface area contributed by atoms with Crippen LogP contribution in [0.15, 0.2) is 110 Å². The molecule has 0 radical (unpaired) electrons. The molecule has 0 unspecified atom stereocenters. The van der Waals surface area contributed by atoms with Gasteiger partial charge < -0.3 is 19.2 Å². The van der Waals surface area contributed by atoms with E-state index in [1.165, 1.54) is 49.6 Å². The molecule has 5 rings (SSSR count). The van der Waals surface area contributed by atoms with Gasteiger partial charge in [0.2, 0.25) is 5.78 Å².